The van der Waals surface area contributed by atoms with E-state index in [4.69, 9.17) is 35.9 Å². The monoisotopic (exact) mass is 542 g/mol. The molecule has 1 aromatic heterocycles. The van der Waals surface area contributed by atoms with Crippen LogP contribution in [-0.2, 0) is 42.9 Å². The molecule has 1 fully saturated rings. The second-order valence-corrected chi connectivity index (χ2v) is 8.76. The van der Waals surface area contributed by atoms with Gasteiger partial charge in [-0.25, -0.2) is 0 Å². The van der Waals surface area contributed by atoms with Crippen LogP contribution in [0.4, 0.5) is 0 Å². The lowest BCUT2D eigenvalue weighted by Gasteiger charge is -2.45. The van der Waals surface area contributed by atoms with Crippen molar-refractivity contribution in [1.82, 2.24) is 4.57 Å². The summed E-state index contributed by atoms with van der Waals surface area (Å²) in [6.45, 7) is 4.22. The van der Waals surface area contributed by atoms with Gasteiger partial charge in [0.2, 0.25) is 0 Å². The number of pyridine rings is 1. The van der Waals surface area contributed by atoms with Crippen LogP contribution in [-0.4, -0.2) is 59.5 Å². The van der Waals surface area contributed by atoms with Crippen LogP contribution in [0.2, 0.25) is 0 Å². The van der Waals surface area contributed by atoms with Gasteiger partial charge in [-0.05, 0) is 17.7 Å². The summed E-state index contributed by atoms with van der Waals surface area (Å²) in [5.74, 6) is -2.87. The molecular formula is C26H26N2O9S. The molecule has 12 heteroatoms. The van der Waals surface area contributed by atoms with Crippen LogP contribution in [0.25, 0.3) is 11.3 Å². The maximum atomic E-state index is 12.2. The average molecular weight is 543 g/mol. The number of benzene rings is 1. The second-order valence-electron chi connectivity index (χ2n) is 8.38. The normalized spacial score (nSPS) is 22.4. The van der Waals surface area contributed by atoms with E-state index < -0.39 is 54.5 Å². The Morgan fingerprint density at radius 3 is 2.00 bits per heavy atom. The van der Waals surface area contributed by atoms with E-state index in [0.717, 1.165) is 20.8 Å². The lowest BCUT2D eigenvalue weighted by molar-refractivity contribution is -0.268. The quantitative estimate of drug-likeness (QED) is 0.289. The molecule has 200 valence electrons. The zero-order chi connectivity index (χ0) is 28.0. The lowest BCUT2D eigenvalue weighted by atomic mass is 9.96. The van der Waals surface area contributed by atoms with Crippen molar-refractivity contribution in [3.8, 4) is 17.3 Å². The standard InChI is InChI=1S/C26H26N2O9S/c1-14(29)33-13-21-22(34-15(2)30)23(35-16(3)31)24(36-17(4)32)25(37-21)28-20(18-8-6-5-7-9-18)11-10-19(12-27)26(28)38/h5-11,21-25H,13H2,1-4H3/t21-,22+,23+,24-,25-/m1/s1. The van der Waals surface area contributed by atoms with E-state index in [1.807, 2.05) is 12.1 Å². The van der Waals surface area contributed by atoms with Gasteiger partial charge in [-0.2, -0.15) is 5.26 Å². The van der Waals surface area contributed by atoms with E-state index in [0.29, 0.717) is 11.3 Å². The minimum atomic E-state index is -1.38. The highest BCUT2D eigenvalue weighted by atomic mass is 32.1. The van der Waals surface area contributed by atoms with Crippen LogP contribution < -0.4 is 0 Å². The van der Waals surface area contributed by atoms with Gasteiger partial charge >= 0.3 is 23.9 Å². The molecule has 1 aliphatic rings. The molecule has 1 aromatic carbocycles. The van der Waals surface area contributed by atoms with E-state index in [1.165, 1.54) is 11.5 Å². The van der Waals surface area contributed by atoms with Gasteiger partial charge in [0.05, 0.1) is 11.3 Å². The van der Waals surface area contributed by atoms with Crippen LogP contribution in [0.1, 0.15) is 39.5 Å². The maximum Gasteiger partial charge on any atom is 0.303 e. The second kappa shape index (κ2) is 12.4. The molecule has 1 saturated heterocycles. The molecule has 0 unspecified atom stereocenters. The van der Waals surface area contributed by atoms with Gasteiger partial charge in [-0.1, -0.05) is 42.5 Å². The highest BCUT2D eigenvalue weighted by Gasteiger charge is 2.53. The van der Waals surface area contributed by atoms with Crippen molar-refractivity contribution in [2.75, 3.05) is 6.61 Å². The molecule has 0 aliphatic carbocycles. The van der Waals surface area contributed by atoms with Gasteiger partial charge in [-0.15, -0.1) is 0 Å². The van der Waals surface area contributed by atoms with Gasteiger partial charge < -0.3 is 28.3 Å². The van der Waals surface area contributed by atoms with E-state index >= 15 is 0 Å². The maximum absolute atomic E-state index is 12.2. The SMILES string of the molecule is CC(=O)OC[C@H]1O[C@@H](n2c(-c3ccccc3)ccc(C#N)c2=S)[C@H](OC(C)=O)[C@@H](OC(C)=O)[C@H]1OC(C)=O. The molecule has 0 bridgehead atoms. The van der Waals surface area contributed by atoms with Crippen LogP contribution in [0.5, 0.6) is 0 Å². The highest BCUT2D eigenvalue weighted by molar-refractivity contribution is 7.71. The van der Waals surface area contributed by atoms with Crippen molar-refractivity contribution < 1.29 is 42.9 Å². The van der Waals surface area contributed by atoms with Gasteiger partial charge in [0.25, 0.3) is 0 Å². The fourth-order valence-electron chi connectivity index (χ4n) is 4.15. The third kappa shape index (κ3) is 6.62. The minimum absolute atomic E-state index is 0.0507. The van der Waals surface area contributed by atoms with E-state index in [2.05, 4.69) is 0 Å². The number of nitrogens with zero attached hydrogens (tertiary/aromatic N) is 2. The molecule has 0 spiro atoms. The van der Waals surface area contributed by atoms with Gasteiger partial charge in [0, 0.05) is 27.7 Å². The number of carbonyl (C=O) groups excluding carboxylic acids is 4. The number of carbonyl (C=O) groups is 4. The fraction of sp³-hybridized carbons (Fsp3) is 0.385. The Kier molecular flexibility index (Phi) is 9.33. The van der Waals surface area contributed by atoms with Crippen molar-refractivity contribution in [2.24, 2.45) is 0 Å². The molecule has 0 radical (unpaired) electrons. The third-order valence-electron chi connectivity index (χ3n) is 5.53. The third-order valence-corrected chi connectivity index (χ3v) is 5.94. The molecule has 38 heavy (non-hydrogen) atoms. The van der Waals surface area contributed by atoms with Crippen LogP contribution in [0, 0.1) is 16.0 Å². The molecule has 2 aromatic rings. The topological polar surface area (TPSA) is 143 Å². The zero-order valence-electron chi connectivity index (χ0n) is 21.1. The molecule has 11 nitrogen and oxygen atoms in total. The number of hydrogen-bond acceptors (Lipinski definition) is 11. The van der Waals surface area contributed by atoms with E-state index in [1.54, 1.807) is 36.4 Å². The number of hydrogen-bond donors (Lipinski definition) is 0. The predicted molar refractivity (Wildman–Crippen MR) is 133 cm³/mol. The Balaban J connectivity index is 2.29. The predicted octanol–water partition coefficient (Wildman–Crippen LogP) is 3.01. The van der Waals surface area contributed by atoms with Crippen molar-refractivity contribution in [3.05, 3.63) is 52.7 Å². The summed E-state index contributed by atoms with van der Waals surface area (Å²) in [7, 11) is 0. The summed E-state index contributed by atoms with van der Waals surface area (Å²) in [5.41, 5.74) is 1.32. The van der Waals surface area contributed by atoms with E-state index in [9.17, 15) is 24.4 Å². The van der Waals surface area contributed by atoms with Gasteiger partial charge in [0.15, 0.2) is 24.5 Å². The van der Waals surface area contributed by atoms with Gasteiger partial charge in [-0.3, -0.25) is 19.2 Å². The number of ether oxygens (including phenoxy) is 5. The molecular weight excluding hydrogens is 516 g/mol. The number of aromatic nitrogens is 1. The highest BCUT2D eigenvalue weighted by Crippen LogP contribution is 2.38. The first-order chi connectivity index (χ1) is 18.0. The minimum Gasteiger partial charge on any atom is -0.463 e. The molecule has 1 aliphatic heterocycles. The number of nitriles is 1. The Hall–Kier alpha value is -4.08. The summed E-state index contributed by atoms with van der Waals surface area (Å²) in [4.78, 5) is 48.0. The Morgan fingerprint density at radius 2 is 1.45 bits per heavy atom. The summed E-state index contributed by atoms with van der Waals surface area (Å²) in [6.07, 6.45) is -6.52. The summed E-state index contributed by atoms with van der Waals surface area (Å²) in [6, 6.07) is 14.3. The van der Waals surface area contributed by atoms with Crippen molar-refractivity contribution in [2.45, 2.75) is 58.3 Å². The first-order valence-corrected chi connectivity index (χ1v) is 12.0. The largest absolute Gasteiger partial charge is 0.463 e. The fourth-order valence-corrected chi connectivity index (χ4v) is 4.46. The smallest absolute Gasteiger partial charge is 0.303 e. The molecule has 0 amide bonds. The average Bonchev–Trinajstić information content (AvgIpc) is 2.85. The Morgan fingerprint density at radius 1 is 0.868 bits per heavy atom. The van der Waals surface area contributed by atoms with Crippen molar-refractivity contribution in [1.29, 1.82) is 5.26 Å². The van der Waals surface area contributed by atoms with Crippen molar-refractivity contribution >= 4 is 36.1 Å². The summed E-state index contributed by atoms with van der Waals surface area (Å²) in [5, 5.41) is 9.68. The summed E-state index contributed by atoms with van der Waals surface area (Å²) < 4.78 is 29.5. The summed E-state index contributed by atoms with van der Waals surface area (Å²) >= 11 is 5.64. The zero-order valence-corrected chi connectivity index (χ0v) is 21.9. The van der Waals surface area contributed by atoms with E-state index in [-0.39, 0.29) is 16.8 Å². The lowest BCUT2D eigenvalue weighted by Crippen LogP contribution is -2.60. The van der Waals surface area contributed by atoms with Crippen molar-refractivity contribution in [3.63, 3.8) is 0 Å². The molecule has 5 atom stereocenters. The Labute approximate surface area is 223 Å². The molecule has 2 heterocycles. The number of esters is 4. The molecule has 0 saturated carbocycles. The molecule has 3 rings (SSSR count). The first kappa shape index (κ1) is 28.5. The van der Waals surface area contributed by atoms with Crippen LogP contribution >= 0.6 is 12.2 Å². The first-order valence-electron chi connectivity index (χ1n) is 11.5. The van der Waals surface area contributed by atoms with Crippen LogP contribution in [0.15, 0.2) is 42.5 Å². The molecule has 0 N–H and O–H groups in total. The van der Waals surface area contributed by atoms with Gasteiger partial charge in [0.1, 0.15) is 23.4 Å². The number of rotatable bonds is 7. The van der Waals surface area contributed by atoms with Crippen LogP contribution in [0.3, 0.4) is 0 Å². The Bertz CT molecular complexity index is 1320.